The van der Waals surface area contributed by atoms with E-state index in [-0.39, 0.29) is 11.9 Å². The molecule has 0 radical (unpaired) electrons. The number of carbonyl (C=O) groups is 1. The molecule has 0 aliphatic heterocycles. The fourth-order valence-corrected chi connectivity index (χ4v) is 2.91. The Morgan fingerprint density at radius 2 is 2.04 bits per heavy atom. The summed E-state index contributed by atoms with van der Waals surface area (Å²) in [6.07, 6.45) is 5.64. The van der Waals surface area contributed by atoms with Crippen LogP contribution in [0.3, 0.4) is 0 Å². The van der Waals surface area contributed by atoms with Gasteiger partial charge in [0.05, 0.1) is 18.3 Å². The molecule has 1 heterocycles. The Balaban J connectivity index is 1.64. The summed E-state index contributed by atoms with van der Waals surface area (Å²) < 4.78 is 1.72. The van der Waals surface area contributed by atoms with E-state index in [2.05, 4.69) is 28.8 Å². The van der Waals surface area contributed by atoms with Gasteiger partial charge in [0, 0.05) is 13.1 Å². The number of carbonyl (C=O) groups excluding carboxylic acids is 1. The highest BCUT2D eigenvalue weighted by atomic mass is 16.2. The second-order valence-corrected chi connectivity index (χ2v) is 6.41. The molecule has 1 aromatic heterocycles. The Kier molecular flexibility index (Phi) is 4.94. The van der Waals surface area contributed by atoms with Gasteiger partial charge in [-0.25, -0.2) is 9.67 Å². The van der Waals surface area contributed by atoms with Crippen LogP contribution >= 0.6 is 0 Å². The molecule has 6 nitrogen and oxygen atoms in total. The van der Waals surface area contributed by atoms with Gasteiger partial charge in [0.15, 0.2) is 0 Å². The molecule has 1 atom stereocenters. The van der Waals surface area contributed by atoms with Crippen LogP contribution in [-0.4, -0.2) is 56.7 Å². The van der Waals surface area contributed by atoms with Gasteiger partial charge in [0.1, 0.15) is 12.7 Å². The largest absolute Gasteiger partial charge is 0.338 e. The maximum absolute atomic E-state index is 12.6. The fraction of sp³-hybridized carbons (Fsp3) is 0.500. The number of aromatic nitrogens is 3. The molecule has 1 saturated carbocycles. The van der Waals surface area contributed by atoms with Crippen molar-refractivity contribution in [2.45, 2.75) is 38.8 Å². The Labute approximate surface area is 143 Å². The van der Waals surface area contributed by atoms with Gasteiger partial charge in [-0.2, -0.15) is 5.10 Å². The van der Waals surface area contributed by atoms with Gasteiger partial charge in [0.25, 0.3) is 0 Å². The summed E-state index contributed by atoms with van der Waals surface area (Å²) in [7, 11) is 1.89. The molecule has 0 bridgehead atoms. The molecule has 1 unspecified atom stereocenters. The lowest BCUT2D eigenvalue weighted by Crippen LogP contribution is -2.40. The molecular weight excluding hydrogens is 302 g/mol. The zero-order valence-corrected chi connectivity index (χ0v) is 14.6. The highest BCUT2D eigenvalue weighted by molar-refractivity contribution is 5.78. The minimum atomic E-state index is 0.0419. The van der Waals surface area contributed by atoms with E-state index in [1.165, 1.54) is 19.2 Å². The quantitative estimate of drug-likeness (QED) is 0.783. The fourth-order valence-electron chi connectivity index (χ4n) is 2.91. The lowest BCUT2D eigenvalue weighted by molar-refractivity contribution is -0.133. The Morgan fingerprint density at radius 3 is 2.58 bits per heavy atom. The summed E-state index contributed by atoms with van der Waals surface area (Å²) in [5, 5.41) is 4.12. The molecule has 1 aliphatic rings. The molecule has 1 fully saturated rings. The Bertz CT molecular complexity index is 663. The van der Waals surface area contributed by atoms with Gasteiger partial charge < -0.3 is 4.90 Å². The van der Waals surface area contributed by atoms with Crippen molar-refractivity contribution in [3.63, 3.8) is 0 Å². The van der Waals surface area contributed by atoms with Crippen molar-refractivity contribution in [2.24, 2.45) is 0 Å². The number of amides is 1. The van der Waals surface area contributed by atoms with Crippen molar-refractivity contribution in [3.8, 4) is 5.69 Å². The van der Waals surface area contributed by atoms with Crippen LogP contribution in [0.5, 0.6) is 0 Å². The maximum atomic E-state index is 12.6. The monoisotopic (exact) mass is 327 g/mol. The first-order valence-corrected chi connectivity index (χ1v) is 8.54. The lowest BCUT2D eigenvalue weighted by atomic mass is 10.1. The van der Waals surface area contributed by atoms with Gasteiger partial charge in [-0.15, -0.1) is 0 Å². The van der Waals surface area contributed by atoms with Crippen LogP contribution in [-0.2, 0) is 4.79 Å². The molecule has 24 heavy (non-hydrogen) atoms. The Morgan fingerprint density at radius 1 is 1.33 bits per heavy atom. The van der Waals surface area contributed by atoms with Crippen molar-refractivity contribution in [1.82, 2.24) is 24.6 Å². The van der Waals surface area contributed by atoms with E-state index in [0.29, 0.717) is 12.6 Å². The smallest absolute Gasteiger partial charge is 0.237 e. The first-order chi connectivity index (χ1) is 11.6. The summed E-state index contributed by atoms with van der Waals surface area (Å²) in [4.78, 5) is 20.7. The number of rotatable bonds is 7. The van der Waals surface area contributed by atoms with Crippen LogP contribution in [0.2, 0.25) is 0 Å². The van der Waals surface area contributed by atoms with Crippen LogP contribution < -0.4 is 0 Å². The molecule has 6 heteroatoms. The van der Waals surface area contributed by atoms with Crippen LogP contribution in [0, 0.1) is 0 Å². The topological polar surface area (TPSA) is 54.3 Å². The zero-order chi connectivity index (χ0) is 17.1. The van der Waals surface area contributed by atoms with Crippen LogP contribution in [0.15, 0.2) is 36.9 Å². The van der Waals surface area contributed by atoms with Crippen molar-refractivity contribution < 1.29 is 4.79 Å². The second kappa shape index (κ2) is 7.13. The lowest BCUT2D eigenvalue weighted by Gasteiger charge is -2.28. The SMILES string of the molecule is CCN(CC(=O)N(C)C(C)c1ccc(-n2cncn2)cc1)C1CC1. The molecule has 0 N–H and O–H groups in total. The number of hydrogen-bond donors (Lipinski definition) is 0. The number of likely N-dealkylation sites (N-methyl/N-ethyl adjacent to an activating group) is 2. The number of hydrogen-bond acceptors (Lipinski definition) is 4. The van der Waals surface area contributed by atoms with E-state index < -0.39 is 0 Å². The number of benzene rings is 1. The second-order valence-electron chi connectivity index (χ2n) is 6.41. The normalized spacial score (nSPS) is 15.5. The number of nitrogens with zero attached hydrogens (tertiary/aromatic N) is 5. The molecule has 3 rings (SSSR count). The highest BCUT2D eigenvalue weighted by Crippen LogP contribution is 2.27. The molecule has 2 aromatic rings. The molecular formula is C18H25N5O. The van der Waals surface area contributed by atoms with E-state index >= 15 is 0 Å². The third kappa shape index (κ3) is 3.64. The van der Waals surface area contributed by atoms with Gasteiger partial charge in [-0.3, -0.25) is 9.69 Å². The minimum absolute atomic E-state index is 0.0419. The maximum Gasteiger partial charge on any atom is 0.237 e. The summed E-state index contributed by atoms with van der Waals surface area (Å²) in [6, 6.07) is 8.75. The average Bonchev–Trinajstić information content (AvgIpc) is 3.31. The van der Waals surface area contributed by atoms with Crippen LogP contribution in [0.25, 0.3) is 5.69 Å². The van der Waals surface area contributed by atoms with E-state index in [4.69, 9.17) is 0 Å². The molecule has 1 aromatic carbocycles. The summed E-state index contributed by atoms with van der Waals surface area (Å²) in [5.74, 6) is 0.177. The summed E-state index contributed by atoms with van der Waals surface area (Å²) in [5.41, 5.74) is 2.08. The minimum Gasteiger partial charge on any atom is -0.338 e. The first-order valence-electron chi connectivity index (χ1n) is 8.54. The van der Waals surface area contributed by atoms with Crippen molar-refractivity contribution in [3.05, 3.63) is 42.5 Å². The molecule has 128 valence electrons. The van der Waals surface area contributed by atoms with Crippen LogP contribution in [0.1, 0.15) is 38.3 Å². The molecule has 0 saturated heterocycles. The standard InChI is InChI=1S/C18H25N5O/c1-4-22(16-9-10-16)11-18(24)21(3)14(2)15-5-7-17(8-6-15)23-13-19-12-20-23/h5-8,12-14,16H,4,9-11H2,1-3H3. The van der Waals surface area contributed by atoms with Gasteiger partial charge >= 0.3 is 0 Å². The van der Waals surface area contributed by atoms with Gasteiger partial charge in [0.2, 0.25) is 5.91 Å². The summed E-state index contributed by atoms with van der Waals surface area (Å²) in [6.45, 7) is 5.64. The predicted octanol–water partition coefficient (Wildman–Crippen LogP) is 2.27. The van der Waals surface area contributed by atoms with Crippen molar-refractivity contribution >= 4 is 5.91 Å². The van der Waals surface area contributed by atoms with E-state index in [0.717, 1.165) is 17.8 Å². The molecule has 1 amide bonds. The van der Waals surface area contributed by atoms with E-state index in [9.17, 15) is 4.79 Å². The van der Waals surface area contributed by atoms with Gasteiger partial charge in [-0.1, -0.05) is 19.1 Å². The Hall–Kier alpha value is -2.21. The predicted molar refractivity (Wildman–Crippen MR) is 92.8 cm³/mol. The molecule has 1 aliphatic carbocycles. The third-order valence-electron chi connectivity index (χ3n) is 4.84. The molecule has 0 spiro atoms. The zero-order valence-electron chi connectivity index (χ0n) is 14.6. The third-order valence-corrected chi connectivity index (χ3v) is 4.84. The van der Waals surface area contributed by atoms with Gasteiger partial charge in [-0.05, 0) is 44.0 Å². The highest BCUT2D eigenvalue weighted by Gasteiger charge is 2.30. The van der Waals surface area contributed by atoms with E-state index in [1.807, 2.05) is 36.2 Å². The van der Waals surface area contributed by atoms with Crippen molar-refractivity contribution in [1.29, 1.82) is 0 Å². The average molecular weight is 327 g/mol. The van der Waals surface area contributed by atoms with E-state index in [1.54, 1.807) is 11.0 Å². The van der Waals surface area contributed by atoms with Crippen molar-refractivity contribution in [2.75, 3.05) is 20.1 Å². The first kappa shape index (κ1) is 16.6. The summed E-state index contributed by atoms with van der Waals surface area (Å²) >= 11 is 0. The van der Waals surface area contributed by atoms with Crippen LogP contribution in [0.4, 0.5) is 0 Å².